The van der Waals surface area contributed by atoms with Crippen molar-refractivity contribution in [3.05, 3.63) is 36.0 Å². The number of anilines is 1. The average Bonchev–Trinajstić information content (AvgIpc) is 3.06. The van der Waals surface area contributed by atoms with E-state index in [4.69, 9.17) is 5.73 Å². The van der Waals surface area contributed by atoms with Crippen molar-refractivity contribution in [3.8, 4) is 22.9 Å². The van der Waals surface area contributed by atoms with E-state index in [9.17, 15) is 13.2 Å². The van der Waals surface area contributed by atoms with Gasteiger partial charge in [-0.05, 0) is 12.1 Å². The van der Waals surface area contributed by atoms with E-state index in [0.717, 1.165) is 12.1 Å². The van der Waals surface area contributed by atoms with E-state index in [1.165, 1.54) is 18.3 Å². The zero-order chi connectivity index (χ0) is 15.0. The summed E-state index contributed by atoms with van der Waals surface area (Å²) in [5.74, 6) is 0.632. The molecule has 0 saturated carbocycles. The number of benzene rings is 1. The number of H-pyrrole nitrogens is 2. The van der Waals surface area contributed by atoms with Crippen LogP contribution in [0.2, 0.25) is 0 Å². The van der Waals surface area contributed by atoms with Crippen LogP contribution < -0.4 is 5.73 Å². The molecule has 0 fully saturated rings. The van der Waals surface area contributed by atoms with Crippen LogP contribution in [0.25, 0.3) is 22.9 Å². The number of aromatic nitrogens is 5. The molecule has 21 heavy (non-hydrogen) atoms. The molecule has 4 N–H and O–H groups in total. The van der Waals surface area contributed by atoms with Crippen molar-refractivity contribution < 1.29 is 13.2 Å². The van der Waals surface area contributed by atoms with E-state index in [0.29, 0.717) is 22.8 Å². The number of hydrogen-bond acceptors (Lipinski definition) is 4. The number of nitrogens with two attached hydrogens (primary N) is 1. The number of alkyl halides is 3. The molecule has 2 heterocycles. The third-order valence-corrected chi connectivity index (χ3v) is 2.86. The van der Waals surface area contributed by atoms with Gasteiger partial charge in [-0.3, -0.25) is 10.2 Å². The van der Waals surface area contributed by atoms with E-state index in [-0.39, 0.29) is 5.82 Å². The van der Waals surface area contributed by atoms with E-state index >= 15 is 0 Å². The van der Waals surface area contributed by atoms with Gasteiger partial charge in [0.15, 0.2) is 11.6 Å². The molecule has 1 aromatic carbocycles. The molecule has 0 unspecified atom stereocenters. The van der Waals surface area contributed by atoms with Gasteiger partial charge in [0.25, 0.3) is 0 Å². The lowest BCUT2D eigenvalue weighted by Crippen LogP contribution is -2.04. The number of hydrogen-bond donors (Lipinski definition) is 3. The fourth-order valence-electron chi connectivity index (χ4n) is 1.80. The van der Waals surface area contributed by atoms with Crippen molar-refractivity contribution in [3.63, 3.8) is 0 Å². The Morgan fingerprint density at radius 2 is 1.76 bits per heavy atom. The van der Waals surface area contributed by atoms with Gasteiger partial charge in [-0.1, -0.05) is 12.1 Å². The van der Waals surface area contributed by atoms with Gasteiger partial charge in [0, 0.05) is 5.56 Å². The minimum Gasteiger partial charge on any atom is -0.396 e. The average molecular weight is 294 g/mol. The maximum Gasteiger partial charge on any atom is 0.416 e. The Hall–Kier alpha value is -2.84. The Balaban J connectivity index is 1.92. The molecule has 0 atom stereocenters. The van der Waals surface area contributed by atoms with Crippen LogP contribution in [0.3, 0.4) is 0 Å². The predicted octanol–water partition coefficient (Wildman–Crippen LogP) is 2.46. The summed E-state index contributed by atoms with van der Waals surface area (Å²) in [5.41, 5.74) is 6.29. The Labute approximate surface area is 116 Å². The highest BCUT2D eigenvalue weighted by Gasteiger charge is 2.30. The molecule has 0 saturated heterocycles. The Morgan fingerprint density at radius 1 is 1.05 bits per heavy atom. The molecule has 2 aromatic heterocycles. The molecule has 0 spiro atoms. The number of rotatable bonds is 2. The summed E-state index contributed by atoms with van der Waals surface area (Å²) < 4.78 is 37.5. The smallest absolute Gasteiger partial charge is 0.396 e. The number of halogens is 3. The van der Waals surface area contributed by atoms with Gasteiger partial charge in [-0.25, -0.2) is 4.98 Å². The summed E-state index contributed by atoms with van der Waals surface area (Å²) >= 11 is 0. The summed E-state index contributed by atoms with van der Waals surface area (Å²) in [6, 6.07) is 4.59. The first-order valence-electron chi connectivity index (χ1n) is 5.84. The maximum atomic E-state index is 12.5. The van der Waals surface area contributed by atoms with Crippen LogP contribution in [0.15, 0.2) is 30.5 Å². The minimum absolute atomic E-state index is 0.271. The number of nitrogens with zero attached hydrogens (tertiary/aromatic N) is 3. The fraction of sp³-hybridized carbons (Fsp3) is 0.0833. The first kappa shape index (κ1) is 13.2. The van der Waals surface area contributed by atoms with E-state index < -0.39 is 11.7 Å². The highest BCUT2D eigenvalue weighted by molar-refractivity contribution is 5.68. The Kier molecular flexibility index (Phi) is 2.89. The van der Waals surface area contributed by atoms with Gasteiger partial charge in [-0.2, -0.15) is 23.4 Å². The van der Waals surface area contributed by atoms with Crippen LogP contribution in [0.1, 0.15) is 5.56 Å². The van der Waals surface area contributed by atoms with Gasteiger partial charge >= 0.3 is 6.18 Å². The summed E-state index contributed by atoms with van der Waals surface area (Å²) in [6.07, 6.45) is -2.94. The standard InChI is InChI=1S/C12H9F3N6/c13-12(14,15)7-3-1-6(2-4-7)10-18-11(21-20-10)9-8(16)5-17-19-9/h1-5H,16H2,(H,17,19)(H,18,20,21). The van der Waals surface area contributed by atoms with Crippen molar-refractivity contribution in [2.24, 2.45) is 0 Å². The predicted molar refractivity (Wildman–Crippen MR) is 68.8 cm³/mol. The summed E-state index contributed by atoms with van der Waals surface area (Å²) in [7, 11) is 0. The number of nitrogen functional groups attached to an aromatic ring is 1. The first-order valence-corrected chi connectivity index (χ1v) is 5.84. The van der Waals surface area contributed by atoms with Crippen LogP contribution in [0.4, 0.5) is 18.9 Å². The molecule has 0 aliphatic rings. The zero-order valence-corrected chi connectivity index (χ0v) is 10.4. The molecule has 0 aliphatic heterocycles. The topological polar surface area (TPSA) is 96.3 Å². The van der Waals surface area contributed by atoms with Crippen LogP contribution in [0.5, 0.6) is 0 Å². The van der Waals surface area contributed by atoms with Crippen molar-refractivity contribution in [2.45, 2.75) is 6.18 Å². The first-order chi connectivity index (χ1) is 9.95. The summed E-state index contributed by atoms with van der Waals surface area (Å²) in [6.45, 7) is 0. The molecular formula is C12H9F3N6. The zero-order valence-electron chi connectivity index (χ0n) is 10.4. The van der Waals surface area contributed by atoms with E-state index in [1.54, 1.807) is 0 Å². The molecule has 3 aromatic rings. The monoisotopic (exact) mass is 294 g/mol. The lowest BCUT2D eigenvalue weighted by molar-refractivity contribution is -0.137. The molecule has 3 rings (SSSR count). The van der Waals surface area contributed by atoms with Gasteiger partial charge in [0.1, 0.15) is 5.69 Å². The van der Waals surface area contributed by atoms with Crippen molar-refractivity contribution >= 4 is 5.69 Å². The third kappa shape index (κ3) is 2.45. The quantitative estimate of drug-likeness (QED) is 0.676. The minimum atomic E-state index is -4.37. The van der Waals surface area contributed by atoms with Gasteiger partial charge < -0.3 is 5.73 Å². The molecule has 108 valence electrons. The van der Waals surface area contributed by atoms with Crippen molar-refractivity contribution in [1.29, 1.82) is 0 Å². The molecule has 0 bridgehead atoms. The molecule has 0 aliphatic carbocycles. The van der Waals surface area contributed by atoms with Crippen LogP contribution in [-0.4, -0.2) is 25.4 Å². The third-order valence-electron chi connectivity index (χ3n) is 2.86. The van der Waals surface area contributed by atoms with E-state index in [1.807, 2.05) is 0 Å². The van der Waals surface area contributed by atoms with Crippen molar-refractivity contribution in [2.75, 3.05) is 5.73 Å². The van der Waals surface area contributed by atoms with Gasteiger partial charge in [0.05, 0.1) is 17.4 Å². The Bertz CT molecular complexity index is 756. The Morgan fingerprint density at radius 3 is 2.33 bits per heavy atom. The SMILES string of the molecule is Nc1cn[nH]c1-c1nc(-c2ccc(C(F)(F)F)cc2)n[nH]1. The molecule has 6 nitrogen and oxygen atoms in total. The lowest BCUT2D eigenvalue weighted by atomic mass is 10.1. The van der Waals surface area contributed by atoms with Gasteiger partial charge in [-0.15, -0.1) is 0 Å². The highest BCUT2D eigenvalue weighted by atomic mass is 19.4. The van der Waals surface area contributed by atoms with Crippen LogP contribution in [-0.2, 0) is 6.18 Å². The largest absolute Gasteiger partial charge is 0.416 e. The second kappa shape index (κ2) is 4.62. The van der Waals surface area contributed by atoms with E-state index in [2.05, 4.69) is 25.4 Å². The highest BCUT2D eigenvalue weighted by Crippen LogP contribution is 2.30. The fourth-order valence-corrected chi connectivity index (χ4v) is 1.80. The van der Waals surface area contributed by atoms with Crippen molar-refractivity contribution in [1.82, 2.24) is 25.4 Å². The van der Waals surface area contributed by atoms with Gasteiger partial charge in [0.2, 0.25) is 0 Å². The second-order valence-corrected chi connectivity index (χ2v) is 4.28. The molecule has 0 radical (unpaired) electrons. The molecule has 0 amide bonds. The van der Waals surface area contributed by atoms with Crippen LogP contribution >= 0.6 is 0 Å². The molecule has 9 heteroatoms. The second-order valence-electron chi connectivity index (χ2n) is 4.28. The summed E-state index contributed by atoms with van der Waals surface area (Å²) in [5, 5.41) is 13.0. The summed E-state index contributed by atoms with van der Waals surface area (Å²) in [4.78, 5) is 4.18. The number of nitrogens with one attached hydrogen (secondary N) is 2. The van der Waals surface area contributed by atoms with Crippen LogP contribution in [0, 0.1) is 0 Å². The normalized spacial score (nSPS) is 11.8. The molecular weight excluding hydrogens is 285 g/mol. The number of aromatic amines is 2. The maximum absolute atomic E-state index is 12.5. The lowest BCUT2D eigenvalue weighted by Gasteiger charge is -2.05.